The van der Waals surface area contributed by atoms with E-state index in [0.29, 0.717) is 18.4 Å². The molecule has 1 aliphatic rings. The van der Waals surface area contributed by atoms with Crippen LogP contribution in [0.5, 0.6) is 0 Å². The molecule has 0 aliphatic carbocycles. The average Bonchev–Trinajstić information content (AvgIpc) is 2.47. The molecule has 0 aromatic heterocycles. The number of amides is 1. The lowest BCUT2D eigenvalue weighted by Gasteiger charge is -2.38. The number of piperidine rings is 1. The van der Waals surface area contributed by atoms with Crippen molar-refractivity contribution >= 4 is 18.3 Å². The summed E-state index contributed by atoms with van der Waals surface area (Å²) in [5.74, 6) is 1.41. The standard InChI is InChI=1S/C16H24N2O.ClH/c1-3-13-12-18(16(19)11-17-2)10-9-15(13)14-7-5-4-6-8-14;/h4-8,13,15,17H,3,9-12H2,1-2H3;1H. The second-order valence-corrected chi connectivity index (χ2v) is 5.34. The third kappa shape index (κ3) is 3.97. The smallest absolute Gasteiger partial charge is 0.236 e. The Labute approximate surface area is 128 Å². The lowest BCUT2D eigenvalue weighted by Crippen LogP contribution is -2.45. The molecule has 1 amide bonds. The Morgan fingerprint density at radius 2 is 2.05 bits per heavy atom. The highest BCUT2D eigenvalue weighted by Crippen LogP contribution is 2.34. The van der Waals surface area contributed by atoms with Crippen LogP contribution >= 0.6 is 12.4 Å². The number of likely N-dealkylation sites (N-methyl/N-ethyl adjacent to an activating group) is 1. The summed E-state index contributed by atoms with van der Waals surface area (Å²) in [5.41, 5.74) is 1.43. The van der Waals surface area contributed by atoms with Gasteiger partial charge in [0.25, 0.3) is 0 Å². The lowest BCUT2D eigenvalue weighted by atomic mass is 9.79. The SMILES string of the molecule is CCC1CN(C(=O)CNC)CCC1c1ccccc1.Cl. The van der Waals surface area contributed by atoms with Gasteiger partial charge in [-0.3, -0.25) is 4.79 Å². The number of benzene rings is 1. The number of hydrogen-bond acceptors (Lipinski definition) is 2. The van der Waals surface area contributed by atoms with Crippen molar-refractivity contribution in [1.82, 2.24) is 10.2 Å². The van der Waals surface area contributed by atoms with Crippen LogP contribution < -0.4 is 5.32 Å². The summed E-state index contributed by atoms with van der Waals surface area (Å²) in [6.07, 6.45) is 2.21. The first kappa shape index (κ1) is 17.0. The zero-order valence-electron chi connectivity index (χ0n) is 12.3. The van der Waals surface area contributed by atoms with Gasteiger partial charge in [0, 0.05) is 13.1 Å². The zero-order valence-corrected chi connectivity index (χ0v) is 13.2. The fourth-order valence-electron chi connectivity index (χ4n) is 3.07. The number of likely N-dealkylation sites (tertiary alicyclic amines) is 1. The highest BCUT2D eigenvalue weighted by Gasteiger charge is 2.30. The Morgan fingerprint density at radius 1 is 1.35 bits per heavy atom. The molecule has 1 saturated heterocycles. The van der Waals surface area contributed by atoms with Crippen LogP contribution in [0.25, 0.3) is 0 Å². The van der Waals surface area contributed by atoms with Gasteiger partial charge in [-0.15, -0.1) is 12.4 Å². The van der Waals surface area contributed by atoms with E-state index in [1.807, 2.05) is 11.9 Å². The van der Waals surface area contributed by atoms with Gasteiger partial charge >= 0.3 is 0 Å². The first-order valence-corrected chi connectivity index (χ1v) is 7.23. The summed E-state index contributed by atoms with van der Waals surface area (Å²) >= 11 is 0. The van der Waals surface area contributed by atoms with Gasteiger partial charge in [-0.05, 0) is 30.9 Å². The van der Waals surface area contributed by atoms with E-state index in [-0.39, 0.29) is 18.3 Å². The van der Waals surface area contributed by atoms with Crippen LogP contribution in [-0.4, -0.2) is 37.5 Å². The third-order valence-corrected chi connectivity index (χ3v) is 4.17. The molecule has 2 unspecified atom stereocenters. The number of hydrogen-bond donors (Lipinski definition) is 1. The van der Waals surface area contributed by atoms with E-state index in [4.69, 9.17) is 0 Å². The van der Waals surface area contributed by atoms with E-state index in [1.54, 1.807) is 0 Å². The van der Waals surface area contributed by atoms with E-state index in [0.717, 1.165) is 25.9 Å². The van der Waals surface area contributed by atoms with Gasteiger partial charge in [0.1, 0.15) is 0 Å². The highest BCUT2D eigenvalue weighted by atomic mass is 35.5. The summed E-state index contributed by atoms with van der Waals surface area (Å²) in [4.78, 5) is 14.0. The predicted octanol–water partition coefficient (Wildman–Crippen LogP) is 2.67. The van der Waals surface area contributed by atoms with Gasteiger partial charge in [0.15, 0.2) is 0 Å². The predicted molar refractivity (Wildman–Crippen MR) is 85.3 cm³/mol. The van der Waals surface area contributed by atoms with Crippen molar-refractivity contribution in [1.29, 1.82) is 0 Å². The van der Waals surface area contributed by atoms with Crippen molar-refractivity contribution < 1.29 is 4.79 Å². The van der Waals surface area contributed by atoms with Crippen LogP contribution in [0.3, 0.4) is 0 Å². The van der Waals surface area contributed by atoms with Crippen LogP contribution in [0, 0.1) is 5.92 Å². The van der Waals surface area contributed by atoms with Gasteiger partial charge in [0.2, 0.25) is 5.91 Å². The molecule has 0 bridgehead atoms. The van der Waals surface area contributed by atoms with Crippen LogP contribution in [0.4, 0.5) is 0 Å². The van der Waals surface area contributed by atoms with E-state index < -0.39 is 0 Å². The summed E-state index contributed by atoms with van der Waals surface area (Å²) in [5, 5.41) is 2.95. The minimum absolute atomic E-state index is 0. The normalized spacial score (nSPS) is 22.2. The van der Waals surface area contributed by atoms with Gasteiger partial charge in [-0.25, -0.2) is 0 Å². The molecule has 2 rings (SSSR count). The summed E-state index contributed by atoms with van der Waals surface area (Å²) in [7, 11) is 1.83. The van der Waals surface area contributed by atoms with Crippen LogP contribution in [0.1, 0.15) is 31.2 Å². The molecule has 1 aliphatic heterocycles. The summed E-state index contributed by atoms with van der Waals surface area (Å²) in [6, 6.07) is 10.7. The van der Waals surface area contributed by atoms with Crippen molar-refractivity contribution in [3.05, 3.63) is 35.9 Å². The maximum Gasteiger partial charge on any atom is 0.236 e. The number of nitrogens with one attached hydrogen (secondary N) is 1. The van der Waals surface area contributed by atoms with Crippen molar-refractivity contribution in [3.8, 4) is 0 Å². The Morgan fingerprint density at radius 3 is 2.65 bits per heavy atom. The monoisotopic (exact) mass is 296 g/mol. The van der Waals surface area contributed by atoms with Crippen LogP contribution in [-0.2, 0) is 4.79 Å². The van der Waals surface area contributed by atoms with Gasteiger partial charge in [-0.2, -0.15) is 0 Å². The molecule has 0 radical (unpaired) electrons. The summed E-state index contributed by atoms with van der Waals surface area (Å²) in [6.45, 7) is 4.46. The van der Waals surface area contributed by atoms with Crippen molar-refractivity contribution in [2.75, 3.05) is 26.7 Å². The lowest BCUT2D eigenvalue weighted by molar-refractivity contribution is -0.132. The fraction of sp³-hybridized carbons (Fsp3) is 0.562. The Bertz CT molecular complexity index is 410. The Balaban J connectivity index is 0.00000200. The Kier molecular flexibility index (Phi) is 7.03. The molecule has 0 spiro atoms. The summed E-state index contributed by atoms with van der Waals surface area (Å²) < 4.78 is 0. The van der Waals surface area contributed by atoms with Crippen molar-refractivity contribution in [2.45, 2.75) is 25.7 Å². The molecule has 0 saturated carbocycles. The molecule has 1 aromatic rings. The van der Waals surface area contributed by atoms with E-state index >= 15 is 0 Å². The molecular weight excluding hydrogens is 272 g/mol. The van der Waals surface area contributed by atoms with Gasteiger partial charge < -0.3 is 10.2 Å². The Hall–Kier alpha value is -1.06. The number of rotatable bonds is 4. The molecule has 20 heavy (non-hydrogen) atoms. The molecule has 3 nitrogen and oxygen atoms in total. The maximum atomic E-state index is 12.0. The number of carbonyl (C=O) groups is 1. The highest BCUT2D eigenvalue weighted by molar-refractivity contribution is 5.85. The number of carbonyl (C=O) groups excluding carboxylic acids is 1. The largest absolute Gasteiger partial charge is 0.341 e. The quantitative estimate of drug-likeness (QED) is 0.926. The topological polar surface area (TPSA) is 32.3 Å². The maximum absolute atomic E-state index is 12.0. The molecule has 1 heterocycles. The van der Waals surface area contributed by atoms with E-state index in [1.165, 1.54) is 5.56 Å². The van der Waals surface area contributed by atoms with Crippen molar-refractivity contribution in [3.63, 3.8) is 0 Å². The van der Waals surface area contributed by atoms with E-state index in [9.17, 15) is 4.79 Å². The zero-order chi connectivity index (χ0) is 13.7. The molecule has 1 aromatic carbocycles. The third-order valence-electron chi connectivity index (χ3n) is 4.17. The second-order valence-electron chi connectivity index (χ2n) is 5.34. The minimum atomic E-state index is 0. The fourth-order valence-corrected chi connectivity index (χ4v) is 3.07. The minimum Gasteiger partial charge on any atom is -0.341 e. The van der Waals surface area contributed by atoms with Gasteiger partial charge in [0.05, 0.1) is 6.54 Å². The van der Waals surface area contributed by atoms with Gasteiger partial charge in [-0.1, -0.05) is 43.7 Å². The number of halogens is 1. The van der Waals surface area contributed by atoms with Crippen LogP contribution in [0.2, 0.25) is 0 Å². The molecular formula is C16H25ClN2O. The first-order chi connectivity index (χ1) is 9.26. The van der Waals surface area contributed by atoms with Crippen LogP contribution in [0.15, 0.2) is 30.3 Å². The average molecular weight is 297 g/mol. The molecule has 2 atom stereocenters. The molecule has 4 heteroatoms. The first-order valence-electron chi connectivity index (χ1n) is 7.23. The number of nitrogens with zero attached hydrogens (tertiary/aromatic N) is 1. The molecule has 1 N–H and O–H groups in total. The van der Waals surface area contributed by atoms with E-state index in [2.05, 4.69) is 42.6 Å². The molecule has 112 valence electrons. The second kappa shape index (κ2) is 8.28. The molecule has 1 fully saturated rings. The van der Waals surface area contributed by atoms with Crippen molar-refractivity contribution in [2.24, 2.45) is 5.92 Å².